The van der Waals surface area contributed by atoms with E-state index >= 15 is 0 Å². The zero-order valence-corrected chi connectivity index (χ0v) is 10.4. The number of benzene rings is 1. The number of aryl methyl sites for hydroxylation is 1. The van der Waals surface area contributed by atoms with Crippen LogP contribution < -0.4 is 15.2 Å². The summed E-state index contributed by atoms with van der Waals surface area (Å²) in [5.74, 6) is 0.903. The highest BCUT2D eigenvalue weighted by Crippen LogP contribution is 2.38. The number of aromatic nitrogens is 2. The largest absolute Gasteiger partial charge is 0.493 e. The van der Waals surface area contributed by atoms with Gasteiger partial charge in [-0.05, 0) is 6.92 Å². The summed E-state index contributed by atoms with van der Waals surface area (Å²) in [7, 11) is 3.01. The third-order valence-corrected chi connectivity index (χ3v) is 2.78. The van der Waals surface area contributed by atoms with E-state index in [4.69, 9.17) is 21.1 Å². The maximum Gasteiger partial charge on any atom is 0.345 e. The number of halogens is 1. The van der Waals surface area contributed by atoms with Crippen molar-refractivity contribution in [2.75, 3.05) is 14.2 Å². The van der Waals surface area contributed by atoms with Crippen molar-refractivity contribution in [2.45, 2.75) is 6.92 Å². The van der Waals surface area contributed by atoms with Crippen molar-refractivity contribution in [3.63, 3.8) is 0 Å². The number of aromatic amines is 1. The van der Waals surface area contributed by atoms with Gasteiger partial charge in [0.1, 0.15) is 0 Å². The minimum absolute atomic E-state index is 0.439. The molecule has 0 aliphatic carbocycles. The summed E-state index contributed by atoms with van der Waals surface area (Å²) in [6.07, 6.45) is 0. The molecule has 0 fully saturated rings. The lowest BCUT2D eigenvalue weighted by atomic mass is 10.1. The SMILES string of the molecule is COc1cc(Cl)c2c(C)nc(=O)[nH]c2c1OC. The van der Waals surface area contributed by atoms with Gasteiger partial charge in [0.15, 0.2) is 11.5 Å². The number of ether oxygens (including phenoxy) is 2. The summed E-state index contributed by atoms with van der Waals surface area (Å²) < 4.78 is 10.4. The Morgan fingerprint density at radius 3 is 2.65 bits per heavy atom. The van der Waals surface area contributed by atoms with Gasteiger partial charge < -0.3 is 14.5 Å². The Morgan fingerprint density at radius 1 is 1.35 bits per heavy atom. The predicted octanol–water partition coefficient (Wildman–Crippen LogP) is 1.90. The van der Waals surface area contributed by atoms with Gasteiger partial charge in [-0.2, -0.15) is 4.98 Å². The molecule has 0 radical (unpaired) electrons. The van der Waals surface area contributed by atoms with Crippen molar-refractivity contribution >= 4 is 22.5 Å². The van der Waals surface area contributed by atoms with E-state index in [0.717, 1.165) is 0 Å². The number of nitrogens with zero attached hydrogens (tertiary/aromatic N) is 1. The second kappa shape index (κ2) is 4.25. The molecular formula is C11H11ClN2O3. The van der Waals surface area contributed by atoms with Crippen LogP contribution in [-0.4, -0.2) is 24.2 Å². The van der Waals surface area contributed by atoms with Crippen molar-refractivity contribution in [3.05, 3.63) is 27.3 Å². The van der Waals surface area contributed by atoms with Crippen LogP contribution in [0.2, 0.25) is 5.02 Å². The van der Waals surface area contributed by atoms with Crippen LogP contribution in [0.15, 0.2) is 10.9 Å². The molecule has 1 aromatic carbocycles. The van der Waals surface area contributed by atoms with Crippen LogP contribution in [-0.2, 0) is 0 Å². The molecule has 5 nitrogen and oxygen atoms in total. The van der Waals surface area contributed by atoms with Crippen molar-refractivity contribution in [1.82, 2.24) is 9.97 Å². The fourth-order valence-corrected chi connectivity index (χ4v) is 2.11. The molecule has 1 aromatic heterocycles. The minimum Gasteiger partial charge on any atom is -0.493 e. The van der Waals surface area contributed by atoms with Crippen molar-refractivity contribution in [3.8, 4) is 11.5 Å². The van der Waals surface area contributed by atoms with Gasteiger partial charge in [0.05, 0.1) is 30.5 Å². The second-order valence-electron chi connectivity index (χ2n) is 3.47. The molecule has 0 unspecified atom stereocenters. The summed E-state index contributed by atoms with van der Waals surface area (Å²) in [4.78, 5) is 17.8. The Morgan fingerprint density at radius 2 is 2.06 bits per heavy atom. The number of rotatable bonds is 2. The Bertz CT molecular complexity index is 637. The molecular weight excluding hydrogens is 244 g/mol. The van der Waals surface area contributed by atoms with Crippen molar-refractivity contribution in [2.24, 2.45) is 0 Å². The Hall–Kier alpha value is -1.75. The molecule has 0 saturated carbocycles. The van der Waals surface area contributed by atoms with Crippen LogP contribution in [0.1, 0.15) is 5.69 Å². The Kier molecular flexibility index (Phi) is 2.93. The number of nitrogens with one attached hydrogen (secondary N) is 1. The van der Waals surface area contributed by atoms with Crippen LogP contribution >= 0.6 is 11.6 Å². The van der Waals surface area contributed by atoms with Gasteiger partial charge in [-0.25, -0.2) is 4.79 Å². The quantitative estimate of drug-likeness (QED) is 0.889. The molecule has 0 atom stereocenters. The van der Waals surface area contributed by atoms with Gasteiger partial charge in [0.25, 0.3) is 0 Å². The van der Waals surface area contributed by atoms with Crippen LogP contribution in [0, 0.1) is 6.92 Å². The van der Waals surface area contributed by atoms with E-state index in [1.54, 1.807) is 13.0 Å². The Balaban J connectivity index is 3.00. The molecule has 1 heterocycles. The van der Waals surface area contributed by atoms with E-state index in [1.165, 1.54) is 14.2 Å². The first-order chi connectivity index (χ1) is 8.08. The third kappa shape index (κ3) is 1.82. The van der Waals surface area contributed by atoms with E-state index in [1.807, 2.05) is 0 Å². The topological polar surface area (TPSA) is 64.2 Å². The van der Waals surface area contributed by atoms with Crippen LogP contribution in [0.25, 0.3) is 10.9 Å². The average Bonchev–Trinajstić information content (AvgIpc) is 2.27. The number of methoxy groups -OCH3 is 2. The van der Waals surface area contributed by atoms with Crippen LogP contribution in [0.5, 0.6) is 11.5 Å². The molecule has 17 heavy (non-hydrogen) atoms. The molecule has 2 aromatic rings. The summed E-state index contributed by atoms with van der Waals surface area (Å²) in [5.41, 5.74) is 0.599. The minimum atomic E-state index is -0.447. The maximum atomic E-state index is 11.4. The number of fused-ring (bicyclic) bond motifs is 1. The molecule has 1 N–H and O–H groups in total. The summed E-state index contributed by atoms with van der Waals surface area (Å²) in [6, 6.07) is 1.63. The average molecular weight is 255 g/mol. The monoisotopic (exact) mass is 254 g/mol. The van der Waals surface area contributed by atoms with Gasteiger partial charge in [-0.3, -0.25) is 0 Å². The molecule has 0 amide bonds. The first-order valence-electron chi connectivity index (χ1n) is 4.89. The lowest BCUT2D eigenvalue weighted by molar-refractivity contribution is 0.358. The van der Waals surface area contributed by atoms with E-state index in [-0.39, 0.29) is 0 Å². The highest BCUT2D eigenvalue weighted by atomic mass is 35.5. The maximum absolute atomic E-state index is 11.4. The first kappa shape index (κ1) is 11.7. The summed E-state index contributed by atoms with van der Waals surface area (Å²) >= 11 is 6.13. The van der Waals surface area contributed by atoms with Crippen LogP contribution in [0.3, 0.4) is 0 Å². The molecule has 90 valence electrons. The predicted molar refractivity (Wildman–Crippen MR) is 65.2 cm³/mol. The standard InChI is InChI=1S/C11H11ClN2O3/c1-5-8-6(12)4-7(16-2)10(17-3)9(8)14-11(15)13-5/h4H,1-3H3,(H,13,14,15). The highest BCUT2D eigenvalue weighted by molar-refractivity contribution is 6.36. The summed E-state index contributed by atoms with van der Waals surface area (Å²) in [5, 5.41) is 1.11. The summed E-state index contributed by atoms with van der Waals surface area (Å²) in [6.45, 7) is 1.72. The smallest absolute Gasteiger partial charge is 0.345 e. The zero-order valence-electron chi connectivity index (χ0n) is 9.63. The van der Waals surface area contributed by atoms with Gasteiger partial charge in [0, 0.05) is 11.5 Å². The molecule has 0 spiro atoms. The van der Waals surface area contributed by atoms with E-state index in [2.05, 4.69) is 9.97 Å². The lowest BCUT2D eigenvalue weighted by Gasteiger charge is -2.12. The normalized spacial score (nSPS) is 10.6. The molecule has 0 saturated heterocycles. The van der Waals surface area contributed by atoms with Gasteiger partial charge >= 0.3 is 5.69 Å². The van der Waals surface area contributed by atoms with Crippen molar-refractivity contribution < 1.29 is 9.47 Å². The van der Waals surface area contributed by atoms with Crippen molar-refractivity contribution in [1.29, 1.82) is 0 Å². The second-order valence-corrected chi connectivity index (χ2v) is 3.88. The molecule has 0 aliphatic heterocycles. The fraction of sp³-hybridized carbons (Fsp3) is 0.273. The van der Waals surface area contributed by atoms with Gasteiger partial charge in [-0.15, -0.1) is 0 Å². The number of H-pyrrole nitrogens is 1. The Labute approximate surface area is 102 Å². The highest BCUT2D eigenvalue weighted by Gasteiger charge is 2.15. The molecule has 6 heteroatoms. The molecule has 0 bridgehead atoms. The van der Waals surface area contributed by atoms with E-state index in [9.17, 15) is 4.79 Å². The third-order valence-electron chi connectivity index (χ3n) is 2.48. The van der Waals surface area contributed by atoms with E-state index < -0.39 is 5.69 Å². The number of hydrogen-bond acceptors (Lipinski definition) is 4. The zero-order chi connectivity index (χ0) is 12.6. The number of hydrogen-bond donors (Lipinski definition) is 1. The van der Waals surface area contributed by atoms with Gasteiger partial charge in [0.2, 0.25) is 0 Å². The fourth-order valence-electron chi connectivity index (χ4n) is 1.78. The van der Waals surface area contributed by atoms with E-state index in [0.29, 0.717) is 33.1 Å². The molecule has 0 aliphatic rings. The first-order valence-corrected chi connectivity index (χ1v) is 5.27. The lowest BCUT2D eigenvalue weighted by Crippen LogP contribution is -2.12. The van der Waals surface area contributed by atoms with Gasteiger partial charge in [-0.1, -0.05) is 11.6 Å². The van der Waals surface area contributed by atoms with Crippen LogP contribution in [0.4, 0.5) is 0 Å². The molecule has 2 rings (SSSR count).